The van der Waals surface area contributed by atoms with Crippen LogP contribution in [0.1, 0.15) is 22.8 Å². The lowest BCUT2D eigenvalue weighted by atomic mass is 10.1. The van der Waals surface area contributed by atoms with Crippen LogP contribution in [0.2, 0.25) is 0 Å². The zero-order valence-electron chi connectivity index (χ0n) is 11.6. The molecule has 1 heterocycles. The number of hydrogen-bond acceptors (Lipinski definition) is 4. The van der Waals surface area contributed by atoms with E-state index in [1.54, 1.807) is 18.2 Å². The van der Waals surface area contributed by atoms with E-state index < -0.39 is 5.97 Å². The molecule has 0 radical (unpaired) electrons. The Kier molecular flexibility index (Phi) is 3.81. The molecule has 1 aliphatic rings. The molecule has 0 fully saturated rings. The second-order valence-corrected chi connectivity index (χ2v) is 5.57. The lowest BCUT2D eigenvalue weighted by molar-refractivity contribution is -0.131. The SMILES string of the molecule is CC(=O)Oc1ccc2c(c1)O/C(=C\c1ccccc1Br)C2=O. The number of carbonyl (C=O) groups excluding carboxylic acids is 2. The molecule has 3 rings (SSSR count). The molecule has 22 heavy (non-hydrogen) atoms. The van der Waals surface area contributed by atoms with Crippen LogP contribution in [0.3, 0.4) is 0 Å². The number of allylic oxidation sites excluding steroid dienone is 1. The van der Waals surface area contributed by atoms with Gasteiger partial charge in [-0.3, -0.25) is 9.59 Å². The third-order valence-electron chi connectivity index (χ3n) is 3.09. The van der Waals surface area contributed by atoms with Crippen molar-refractivity contribution in [3.05, 3.63) is 63.8 Å². The summed E-state index contributed by atoms with van der Waals surface area (Å²) in [5.41, 5.74) is 1.30. The lowest BCUT2D eigenvalue weighted by Crippen LogP contribution is -2.01. The molecule has 0 atom stereocenters. The van der Waals surface area contributed by atoms with E-state index in [0.29, 0.717) is 17.1 Å². The highest BCUT2D eigenvalue weighted by atomic mass is 79.9. The first-order chi connectivity index (χ1) is 10.5. The van der Waals surface area contributed by atoms with E-state index in [4.69, 9.17) is 9.47 Å². The molecule has 0 bridgehead atoms. The highest BCUT2D eigenvalue weighted by molar-refractivity contribution is 9.10. The van der Waals surface area contributed by atoms with Crippen molar-refractivity contribution in [1.29, 1.82) is 0 Å². The minimum Gasteiger partial charge on any atom is -0.452 e. The van der Waals surface area contributed by atoms with E-state index in [-0.39, 0.29) is 11.5 Å². The van der Waals surface area contributed by atoms with Crippen LogP contribution in [0.4, 0.5) is 0 Å². The highest BCUT2D eigenvalue weighted by Crippen LogP contribution is 2.35. The summed E-state index contributed by atoms with van der Waals surface area (Å²) in [7, 11) is 0. The maximum atomic E-state index is 12.3. The van der Waals surface area contributed by atoms with E-state index in [2.05, 4.69) is 15.9 Å². The van der Waals surface area contributed by atoms with Crippen molar-refractivity contribution < 1.29 is 19.1 Å². The van der Waals surface area contributed by atoms with Crippen LogP contribution >= 0.6 is 15.9 Å². The summed E-state index contributed by atoms with van der Waals surface area (Å²) in [6, 6.07) is 12.2. The zero-order valence-corrected chi connectivity index (χ0v) is 13.2. The van der Waals surface area contributed by atoms with Gasteiger partial charge in [-0.15, -0.1) is 0 Å². The molecule has 4 nitrogen and oxygen atoms in total. The van der Waals surface area contributed by atoms with Crippen molar-refractivity contribution in [2.24, 2.45) is 0 Å². The highest BCUT2D eigenvalue weighted by Gasteiger charge is 2.28. The van der Waals surface area contributed by atoms with Gasteiger partial charge in [-0.05, 0) is 29.8 Å². The molecular weight excluding hydrogens is 348 g/mol. The first-order valence-corrected chi connectivity index (χ1v) is 7.35. The van der Waals surface area contributed by atoms with Crippen molar-refractivity contribution in [2.45, 2.75) is 6.92 Å². The number of ether oxygens (including phenoxy) is 2. The number of hydrogen-bond donors (Lipinski definition) is 0. The number of rotatable bonds is 2. The maximum absolute atomic E-state index is 12.3. The topological polar surface area (TPSA) is 52.6 Å². The molecule has 0 amide bonds. The number of halogens is 1. The van der Waals surface area contributed by atoms with Gasteiger partial charge in [0.1, 0.15) is 11.5 Å². The second kappa shape index (κ2) is 5.77. The predicted molar refractivity (Wildman–Crippen MR) is 84.8 cm³/mol. The van der Waals surface area contributed by atoms with Gasteiger partial charge in [-0.2, -0.15) is 0 Å². The van der Waals surface area contributed by atoms with Gasteiger partial charge in [0.2, 0.25) is 5.78 Å². The maximum Gasteiger partial charge on any atom is 0.308 e. The third kappa shape index (κ3) is 2.80. The van der Waals surface area contributed by atoms with E-state index in [0.717, 1.165) is 10.0 Å². The Morgan fingerprint density at radius 1 is 1.23 bits per heavy atom. The fraction of sp³-hybridized carbons (Fsp3) is 0.0588. The summed E-state index contributed by atoms with van der Waals surface area (Å²) in [4.78, 5) is 23.3. The fourth-order valence-electron chi connectivity index (χ4n) is 2.13. The third-order valence-corrected chi connectivity index (χ3v) is 3.82. The summed E-state index contributed by atoms with van der Waals surface area (Å²) >= 11 is 3.43. The molecule has 110 valence electrons. The van der Waals surface area contributed by atoms with Crippen LogP contribution in [0.5, 0.6) is 11.5 Å². The Morgan fingerprint density at radius 2 is 2.00 bits per heavy atom. The molecule has 0 aromatic heterocycles. The van der Waals surface area contributed by atoms with Gasteiger partial charge < -0.3 is 9.47 Å². The van der Waals surface area contributed by atoms with Gasteiger partial charge in [0, 0.05) is 17.5 Å². The van der Waals surface area contributed by atoms with E-state index in [1.807, 2.05) is 24.3 Å². The Balaban J connectivity index is 1.94. The first kappa shape index (κ1) is 14.5. The molecular formula is C17H11BrO4. The van der Waals surface area contributed by atoms with E-state index in [1.165, 1.54) is 13.0 Å². The van der Waals surface area contributed by atoms with Gasteiger partial charge in [-0.25, -0.2) is 0 Å². The average molecular weight is 359 g/mol. The quantitative estimate of drug-likeness (QED) is 0.462. The normalized spacial score (nSPS) is 14.6. The summed E-state index contributed by atoms with van der Waals surface area (Å²) in [6.07, 6.45) is 1.68. The second-order valence-electron chi connectivity index (χ2n) is 4.71. The summed E-state index contributed by atoms with van der Waals surface area (Å²) in [5, 5.41) is 0. The average Bonchev–Trinajstić information content (AvgIpc) is 2.77. The van der Waals surface area contributed by atoms with Crippen LogP contribution in [-0.2, 0) is 4.79 Å². The lowest BCUT2D eigenvalue weighted by Gasteiger charge is -2.03. The molecule has 2 aromatic rings. The Labute approximate surface area is 135 Å². The van der Waals surface area contributed by atoms with Gasteiger partial charge in [0.05, 0.1) is 5.56 Å². The van der Waals surface area contributed by atoms with Crippen LogP contribution < -0.4 is 9.47 Å². The van der Waals surface area contributed by atoms with Crippen molar-refractivity contribution in [3.8, 4) is 11.5 Å². The standard InChI is InChI=1S/C17H11BrO4/c1-10(19)21-12-6-7-13-15(9-12)22-16(17(13)20)8-11-4-2-3-5-14(11)18/h2-9H,1H3/b16-8-. The summed E-state index contributed by atoms with van der Waals surface area (Å²) < 4.78 is 11.5. The number of ketones is 1. The zero-order chi connectivity index (χ0) is 15.7. The van der Waals surface area contributed by atoms with Crippen LogP contribution in [0.15, 0.2) is 52.7 Å². The first-order valence-electron chi connectivity index (χ1n) is 6.56. The minimum absolute atomic E-state index is 0.194. The van der Waals surface area contributed by atoms with Crippen molar-refractivity contribution in [1.82, 2.24) is 0 Å². The smallest absolute Gasteiger partial charge is 0.308 e. The summed E-state index contributed by atoms with van der Waals surface area (Å²) in [6.45, 7) is 1.32. The van der Waals surface area contributed by atoms with Gasteiger partial charge in [0.15, 0.2) is 5.76 Å². The van der Waals surface area contributed by atoms with Crippen molar-refractivity contribution in [3.63, 3.8) is 0 Å². The minimum atomic E-state index is -0.423. The van der Waals surface area contributed by atoms with Gasteiger partial charge in [0.25, 0.3) is 0 Å². The molecule has 5 heteroatoms. The predicted octanol–water partition coefficient (Wildman–Crippen LogP) is 3.99. The molecule has 0 unspecified atom stereocenters. The van der Waals surface area contributed by atoms with Crippen LogP contribution in [-0.4, -0.2) is 11.8 Å². The molecule has 0 saturated heterocycles. The summed E-state index contributed by atoms with van der Waals surface area (Å²) in [5.74, 6) is 0.360. The monoisotopic (exact) mass is 358 g/mol. The molecule has 0 aliphatic carbocycles. The Bertz CT molecular complexity index is 808. The molecule has 0 saturated carbocycles. The van der Waals surface area contributed by atoms with E-state index in [9.17, 15) is 9.59 Å². The van der Waals surface area contributed by atoms with Crippen LogP contribution in [0, 0.1) is 0 Å². The fourth-order valence-corrected chi connectivity index (χ4v) is 2.53. The van der Waals surface area contributed by atoms with Crippen molar-refractivity contribution >= 4 is 33.8 Å². The Hall–Kier alpha value is -2.40. The number of fused-ring (bicyclic) bond motifs is 1. The molecule has 1 aliphatic heterocycles. The number of Topliss-reactive ketones (excluding diaryl/α,β-unsaturated/α-hetero) is 1. The Morgan fingerprint density at radius 3 is 2.73 bits per heavy atom. The largest absolute Gasteiger partial charge is 0.452 e. The molecule has 0 N–H and O–H groups in total. The van der Waals surface area contributed by atoms with E-state index >= 15 is 0 Å². The number of carbonyl (C=O) groups is 2. The number of esters is 1. The van der Waals surface area contributed by atoms with Crippen LogP contribution in [0.25, 0.3) is 6.08 Å². The number of benzene rings is 2. The van der Waals surface area contributed by atoms with Gasteiger partial charge >= 0.3 is 5.97 Å². The van der Waals surface area contributed by atoms with Crippen molar-refractivity contribution in [2.75, 3.05) is 0 Å². The molecule has 2 aromatic carbocycles. The molecule has 0 spiro atoms. The van der Waals surface area contributed by atoms with Gasteiger partial charge in [-0.1, -0.05) is 34.1 Å².